The van der Waals surface area contributed by atoms with Gasteiger partial charge in [0.05, 0.1) is 13.2 Å². The molecule has 1 aliphatic rings. The van der Waals surface area contributed by atoms with E-state index in [4.69, 9.17) is 14.6 Å². The van der Waals surface area contributed by atoms with E-state index >= 15 is 0 Å². The van der Waals surface area contributed by atoms with Gasteiger partial charge in [-0.1, -0.05) is 37.0 Å². The molecule has 1 atom stereocenters. The molecule has 0 aromatic heterocycles. The van der Waals surface area contributed by atoms with E-state index in [-0.39, 0.29) is 5.92 Å². The molecule has 1 aromatic rings. The Morgan fingerprint density at radius 3 is 2.28 bits per heavy atom. The average molecular weight is 407 g/mol. The van der Waals surface area contributed by atoms with E-state index in [0.29, 0.717) is 31.6 Å². The van der Waals surface area contributed by atoms with Gasteiger partial charge in [0.25, 0.3) is 11.7 Å². The summed E-state index contributed by atoms with van der Waals surface area (Å²) in [6.45, 7) is 3.96. The molecular formula is C21H29NO7. The lowest BCUT2D eigenvalue weighted by Crippen LogP contribution is -2.47. The van der Waals surface area contributed by atoms with Gasteiger partial charge in [-0.3, -0.25) is 4.79 Å². The van der Waals surface area contributed by atoms with Crippen molar-refractivity contribution in [1.82, 2.24) is 5.32 Å². The van der Waals surface area contributed by atoms with Crippen molar-refractivity contribution in [3.05, 3.63) is 35.4 Å². The molecule has 1 unspecified atom stereocenters. The molecule has 1 aliphatic heterocycles. The number of unbranched alkanes of at least 4 members (excludes halogenated alkanes) is 2. The van der Waals surface area contributed by atoms with Gasteiger partial charge in [0.2, 0.25) is 0 Å². The molecule has 1 fully saturated rings. The molecule has 0 spiro atoms. The van der Waals surface area contributed by atoms with Crippen LogP contribution in [0.5, 0.6) is 0 Å². The van der Waals surface area contributed by atoms with Crippen LogP contribution < -0.4 is 5.32 Å². The molecule has 2 rings (SSSR count). The van der Waals surface area contributed by atoms with Crippen molar-refractivity contribution in [3.63, 3.8) is 0 Å². The van der Waals surface area contributed by atoms with Gasteiger partial charge >= 0.3 is 11.9 Å². The van der Waals surface area contributed by atoms with Crippen LogP contribution in [-0.2, 0) is 19.1 Å². The Hall–Kier alpha value is -2.45. The Labute approximate surface area is 170 Å². The zero-order chi connectivity index (χ0) is 21.4. The minimum Gasteiger partial charge on any atom is -0.480 e. The zero-order valence-electron chi connectivity index (χ0n) is 16.8. The molecule has 0 saturated carbocycles. The third kappa shape index (κ3) is 6.83. The number of hydrogen-bond donors (Lipinski definition) is 3. The van der Waals surface area contributed by atoms with Crippen LogP contribution in [0.25, 0.3) is 0 Å². The predicted octanol–water partition coefficient (Wildman–Crippen LogP) is 2.59. The first kappa shape index (κ1) is 22.8. The molecule has 1 heterocycles. The lowest BCUT2D eigenvalue weighted by Gasteiger charge is -2.34. The van der Waals surface area contributed by atoms with Crippen LogP contribution in [0.2, 0.25) is 0 Å². The van der Waals surface area contributed by atoms with Crippen LogP contribution >= 0.6 is 0 Å². The Balaban J connectivity index is 1.68. The minimum atomic E-state index is -1.57. The van der Waals surface area contributed by atoms with Crippen LogP contribution in [0.15, 0.2) is 24.3 Å². The van der Waals surface area contributed by atoms with E-state index in [1.165, 1.54) is 6.92 Å². The summed E-state index contributed by atoms with van der Waals surface area (Å²) < 4.78 is 10.6. The van der Waals surface area contributed by atoms with Crippen molar-refractivity contribution < 1.29 is 34.1 Å². The third-order valence-corrected chi connectivity index (χ3v) is 5.10. The summed E-state index contributed by atoms with van der Waals surface area (Å²) in [5.74, 6) is -4.02. The number of aliphatic carboxylic acids is 2. The number of carbonyl (C=O) groups is 3. The van der Waals surface area contributed by atoms with Crippen LogP contribution in [0.3, 0.4) is 0 Å². The normalized spacial score (nSPS) is 22.6. The molecule has 8 nitrogen and oxygen atoms in total. The van der Waals surface area contributed by atoms with Crippen LogP contribution in [0, 0.1) is 12.8 Å². The highest BCUT2D eigenvalue weighted by molar-refractivity contribution is 5.96. The smallest absolute Gasteiger partial charge is 0.364 e. The quantitative estimate of drug-likeness (QED) is 0.510. The molecule has 3 N–H and O–H groups in total. The summed E-state index contributed by atoms with van der Waals surface area (Å²) >= 11 is 0. The highest BCUT2D eigenvalue weighted by Gasteiger charge is 2.40. The minimum absolute atomic E-state index is 0.124. The number of aryl methyl sites for hydroxylation is 1. The number of carboxylic acids is 2. The Kier molecular flexibility index (Phi) is 8.16. The second kappa shape index (κ2) is 10.4. The number of amides is 1. The van der Waals surface area contributed by atoms with Crippen molar-refractivity contribution >= 4 is 17.8 Å². The fourth-order valence-corrected chi connectivity index (χ4v) is 3.10. The highest BCUT2D eigenvalue weighted by atomic mass is 16.7. The van der Waals surface area contributed by atoms with Gasteiger partial charge in [-0.25, -0.2) is 9.59 Å². The standard InChI is InChI=1S/C21H29NO7/c1-14-8-10-16(11-9-14)18(23)22-17(19(24)25)7-5-3-4-6-15-12-28-21(2,20(26)27)29-13-15/h8-11,15,17H,3-7,12-13H2,1-2H3,(H,22,23)(H,24,25)(H,26,27). The maximum Gasteiger partial charge on any atom is 0.364 e. The van der Waals surface area contributed by atoms with Gasteiger partial charge in [-0.15, -0.1) is 0 Å². The maximum absolute atomic E-state index is 12.2. The van der Waals surface area contributed by atoms with Gasteiger partial charge in [0, 0.05) is 18.4 Å². The molecule has 8 heteroatoms. The van der Waals surface area contributed by atoms with E-state index in [1.54, 1.807) is 12.1 Å². The van der Waals surface area contributed by atoms with Crippen LogP contribution in [-0.4, -0.2) is 53.1 Å². The number of ether oxygens (including phenoxy) is 2. The van der Waals surface area contributed by atoms with Gasteiger partial charge in [0.1, 0.15) is 6.04 Å². The molecular weight excluding hydrogens is 378 g/mol. The monoisotopic (exact) mass is 407 g/mol. The summed E-state index contributed by atoms with van der Waals surface area (Å²) in [4.78, 5) is 34.7. The Morgan fingerprint density at radius 2 is 1.72 bits per heavy atom. The number of nitrogens with one attached hydrogen (secondary N) is 1. The highest BCUT2D eigenvalue weighted by Crippen LogP contribution is 2.24. The summed E-state index contributed by atoms with van der Waals surface area (Å²) in [6, 6.07) is 6.03. The molecule has 29 heavy (non-hydrogen) atoms. The first-order valence-corrected chi connectivity index (χ1v) is 9.83. The summed E-state index contributed by atoms with van der Waals surface area (Å²) in [5, 5.41) is 21.0. The predicted molar refractivity (Wildman–Crippen MR) is 105 cm³/mol. The largest absolute Gasteiger partial charge is 0.480 e. The zero-order valence-corrected chi connectivity index (χ0v) is 16.8. The van der Waals surface area contributed by atoms with Gasteiger partial charge in [-0.2, -0.15) is 0 Å². The van der Waals surface area contributed by atoms with E-state index < -0.39 is 29.7 Å². The average Bonchev–Trinajstić information content (AvgIpc) is 2.68. The molecule has 0 radical (unpaired) electrons. The van der Waals surface area contributed by atoms with Gasteiger partial charge < -0.3 is 25.0 Å². The lowest BCUT2D eigenvalue weighted by molar-refractivity contribution is -0.271. The molecule has 160 valence electrons. The van der Waals surface area contributed by atoms with Crippen molar-refractivity contribution in [2.24, 2.45) is 5.92 Å². The lowest BCUT2D eigenvalue weighted by atomic mass is 10.00. The van der Waals surface area contributed by atoms with Crippen molar-refractivity contribution in [1.29, 1.82) is 0 Å². The maximum atomic E-state index is 12.2. The number of carbonyl (C=O) groups excluding carboxylic acids is 1. The van der Waals surface area contributed by atoms with Crippen LogP contribution in [0.1, 0.15) is 54.9 Å². The second-order valence-electron chi connectivity index (χ2n) is 7.61. The van der Waals surface area contributed by atoms with Crippen molar-refractivity contribution in [3.8, 4) is 0 Å². The number of hydrogen-bond acceptors (Lipinski definition) is 5. The first-order valence-electron chi connectivity index (χ1n) is 9.83. The molecule has 1 saturated heterocycles. The van der Waals surface area contributed by atoms with E-state index in [9.17, 15) is 19.5 Å². The van der Waals surface area contributed by atoms with Gasteiger partial charge in [-0.05, 0) is 31.9 Å². The topological polar surface area (TPSA) is 122 Å². The summed E-state index contributed by atoms with van der Waals surface area (Å²) in [7, 11) is 0. The van der Waals surface area contributed by atoms with E-state index in [1.807, 2.05) is 19.1 Å². The SMILES string of the molecule is Cc1ccc(C(=O)NC(CCCCCC2COC(C)(C(=O)O)OC2)C(=O)O)cc1. The molecule has 0 aliphatic carbocycles. The second-order valence-corrected chi connectivity index (χ2v) is 7.61. The molecule has 1 aromatic carbocycles. The molecule has 1 amide bonds. The summed E-state index contributed by atoms with van der Waals surface area (Å²) in [6.07, 6.45) is 3.47. The molecule has 0 bridgehead atoms. The van der Waals surface area contributed by atoms with Crippen LogP contribution in [0.4, 0.5) is 0 Å². The first-order chi connectivity index (χ1) is 13.7. The van der Waals surface area contributed by atoms with Gasteiger partial charge in [0.15, 0.2) is 0 Å². The van der Waals surface area contributed by atoms with E-state index in [2.05, 4.69) is 5.32 Å². The van der Waals surface area contributed by atoms with Crippen molar-refractivity contribution in [2.45, 2.75) is 57.8 Å². The fourth-order valence-electron chi connectivity index (χ4n) is 3.10. The Bertz CT molecular complexity index is 708. The third-order valence-electron chi connectivity index (χ3n) is 5.10. The Morgan fingerprint density at radius 1 is 1.10 bits per heavy atom. The number of rotatable bonds is 10. The number of carboxylic acid groups (broad SMARTS) is 2. The van der Waals surface area contributed by atoms with E-state index in [0.717, 1.165) is 24.8 Å². The summed E-state index contributed by atoms with van der Waals surface area (Å²) in [5.41, 5.74) is 1.46. The van der Waals surface area contributed by atoms with Crippen molar-refractivity contribution in [2.75, 3.05) is 13.2 Å². The fraction of sp³-hybridized carbons (Fsp3) is 0.571. The number of benzene rings is 1.